The predicted molar refractivity (Wildman–Crippen MR) is 77.4 cm³/mol. The SMILES string of the molecule is N#Cc1c(N)nc([O-])c(C#N)c1C(=NN)c1ccccc1.O.[Na+]. The number of aromatic nitrogens is 1. The van der Waals surface area contributed by atoms with Crippen LogP contribution in [-0.2, 0) is 0 Å². The van der Waals surface area contributed by atoms with E-state index in [0.717, 1.165) is 0 Å². The van der Waals surface area contributed by atoms with Crippen molar-refractivity contribution in [2.24, 2.45) is 10.9 Å². The summed E-state index contributed by atoms with van der Waals surface area (Å²) in [6.45, 7) is 0. The molecule has 2 rings (SSSR count). The van der Waals surface area contributed by atoms with E-state index in [1.165, 1.54) is 0 Å². The maximum absolute atomic E-state index is 11.8. The molecule has 1 aromatic heterocycles. The molecule has 0 aliphatic carbocycles. The van der Waals surface area contributed by atoms with E-state index in [4.69, 9.17) is 16.8 Å². The van der Waals surface area contributed by atoms with Crippen LogP contribution >= 0.6 is 0 Å². The van der Waals surface area contributed by atoms with Gasteiger partial charge in [-0.05, 0) is 0 Å². The van der Waals surface area contributed by atoms with Crippen molar-refractivity contribution < 1.29 is 40.1 Å². The van der Waals surface area contributed by atoms with Gasteiger partial charge in [0.25, 0.3) is 0 Å². The van der Waals surface area contributed by atoms with E-state index in [2.05, 4.69) is 10.1 Å². The first-order valence-electron chi connectivity index (χ1n) is 5.78. The zero-order chi connectivity index (χ0) is 15.4. The summed E-state index contributed by atoms with van der Waals surface area (Å²) in [5.41, 5.74) is 5.87. The van der Waals surface area contributed by atoms with Gasteiger partial charge < -0.3 is 22.2 Å². The van der Waals surface area contributed by atoms with E-state index < -0.39 is 5.88 Å². The number of benzene rings is 1. The minimum Gasteiger partial charge on any atom is -0.858 e. The Kier molecular flexibility index (Phi) is 7.74. The van der Waals surface area contributed by atoms with Crippen LogP contribution in [0, 0.1) is 22.7 Å². The van der Waals surface area contributed by atoms with Crippen LogP contribution in [0.3, 0.4) is 0 Å². The topological polar surface area (TPSA) is 179 Å². The van der Waals surface area contributed by atoms with Crippen LogP contribution in [0.2, 0.25) is 0 Å². The van der Waals surface area contributed by atoms with Crippen LogP contribution < -0.4 is 46.2 Å². The molecular formula is C14H11N6NaO2. The zero-order valence-corrected chi connectivity index (χ0v) is 14.2. The third-order valence-electron chi connectivity index (χ3n) is 2.83. The minimum absolute atomic E-state index is 0. The summed E-state index contributed by atoms with van der Waals surface area (Å²) in [6, 6.07) is 12.2. The van der Waals surface area contributed by atoms with Crippen LogP contribution in [0.15, 0.2) is 35.4 Å². The van der Waals surface area contributed by atoms with Gasteiger partial charge in [-0.3, -0.25) is 0 Å². The third-order valence-corrected chi connectivity index (χ3v) is 2.83. The number of hydrazone groups is 1. The fraction of sp³-hybridized carbons (Fsp3) is 0. The maximum atomic E-state index is 11.8. The van der Waals surface area contributed by atoms with Crippen molar-refractivity contribution in [3.8, 4) is 18.0 Å². The molecule has 0 unspecified atom stereocenters. The molecule has 0 bridgehead atoms. The van der Waals surface area contributed by atoms with Crippen molar-refractivity contribution in [2.75, 3.05) is 5.73 Å². The second kappa shape index (κ2) is 8.73. The minimum atomic E-state index is -0.818. The number of hydrogen-bond acceptors (Lipinski definition) is 7. The molecule has 0 saturated carbocycles. The number of pyridine rings is 1. The first-order valence-corrected chi connectivity index (χ1v) is 5.78. The van der Waals surface area contributed by atoms with Gasteiger partial charge >= 0.3 is 29.6 Å². The fourth-order valence-electron chi connectivity index (χ4n) is 1.91. The molecule has 8 nitrogen and oxygen atoms in total. The Bertz CT molecular complexity index is 770. The summed E-state index contributed by atoms with van der Waals surface area (Å²) >= 11 is 0. The molecule has 1 aromatic carbocycles. The number of nitrogens with two attached hydrogens (primary N) is 2. The van der Waals surface area contributed by atoms with E-state index in [1.54, 1.807) is 36.4 Å². The van der Waals surface area contributed by atoms with Gasteiger partial charge in [0.15, 0.2) is 0 Å². The summed E-state index contributed by atoms with van der Waals surface area (Å²) < 4.78 is 0. The summed E-state index contributed by atoms with van der Waals surface area (Å²) in [4.78, 5) is 3.47. The van der Waals surface area contributed by atoms with Crippen molar-refractivity contribution in [3.63, 3.8) is 0 Å². The molecule has 110 valence electrons. The summed E-state index contributed by atoms with van der Waals surface area (Å²) in [6.07, 6.45) is 0. The molecule has 2 aromatic rings. The molecule has 0 aliphatic heterocycles. The quantitative estimate of drug-likeness (QED) is 0.249. The Morgan fingerprint density at radius 1 is 1.13 bits per heavy atom. The first-order chi connectivity index (χ1) is 10.1. The number of nitrogen functional groups attached to an aromatic ring is 1. The first kappa shape index (κ1) is 20.4. The van der Waals surface area contributed by atoms with Crippen LogP contribution in [0.4, 0.5) is 5.82 Å². The fourth-order valence-corrected chi connectivity index (χ4v) is 1.91. The predicted octanol–water partition coefficient (Wildman–Crippen LogP) is -3.63. The molecule has 0 radical (unpaired) electrons. The number of rotatable bonds is 2. The largest absolute Gasteiger partial charge is 1.00 e. The van der Waals surface area contributed by atoms with Gasteiger partial charge in [0.2, 0.25) is 0 Å². The van der Waals surface area contributed by atoms with Gasteiger partial charge in [0.1, 0.15) is 23.5 Å². The van der Waals surface area contributed by atoms with Gasteiger partial charge in [-0.1, -0.05) is 30.3 Å². The van der Waals surface area contributed by atoms with E-state index >= 15 is 0 Å². The number of nitriles is 2. The van der Waals surface area contributed by atoms with Crippen molar-refractivity contribution in [3.05, 3.63) is 52.6 Å². The molecule has 6 N–H and O–H groups in total. The molecule has 0 fully saturated rings. The normalized spacial score (nSPS) is 9.74. The molecule has 0 aliphatic rings. The summed E-state index contributed by atoms with van der Waals surface area (Å²) in [5, 5.41) is 33.8. The Morgan fingerprint density at radius 2 is 1.70 bits per heavy atom. The van der Waals surface area contributed by atoms with Gasteiger partial charge in [-0.25, -0.2) is 4.98 Å². The van der Waals surface area contributed by atoms with Crippen LogP contribution in [-0.4, -0.2) is 16.2 Å². The van der Waals surface area contributed by atoms with Crippen LogP contribution in [0.5, 0.6) is 5.88 Å². The van der Waals surface area contributed by atoms with Gasteiger partial charge in [-0.2, -0.15) is 15.6 Å². The maximum Gasteiger partial charge on any atom is 1.00 e. The molecule has 1 heterocycles. The van der Waals surface area contributed by atoms with E-state index in [9.17, 15) is 10.4 Å². The second-order valence-electron chi connectivity index (χ2n) is 3.99. The standard InChI is InChI=1S/C14H10N6O.Na.H2O/c15-6-9-11(10(7-16)14(21)19-13(9)17)12(20-18)8-4-2-1-3-5-8;;/h1-5H,18H2,(H3,17,19,21);;1H2/q;+1;/p-1. The smallest absolute Gasteiger partial charge is 0.858 e. The molecule has 0 saturated heterocycles. The third kappa shape index (κ3) is 3.77. The molecule has 23 heavy (non-hydrogen) atoms. The Morgan fingerprint density at radius 3 is 2.17 bits per heavy atom. The van der Waals surface area contributed by atoms with Crippen LogP contribution in [0.25, 0.3) is 0 Å². The molecule has 0 amide bonds. The van der Waals surface area contributed by atoms with E-state index in [0.29, 0.717) is 5.56 Å². The Labute approximate surface area is 154 Å². The summed E-state index contributed by atoms with van der Waals surface area (Å²) in [7, 11) is 0. The average Bonchev–Trinajstić information content (AvgIpc) is 2.49. The van der Waals surface area contributed by atoms with Crippen molar-refractivity contribution in [1.82, 2.24) is 4.98 Å². The van der Waals surface area contributed by atoms with Crippen molar-refractivity contribution in [1.29, 1.82) is 10.5 Å². The van der Waals surface area contributed by atoms with Gasteiger partial charge in [0, 0.05) is 17.0 Å². The Hall–Kier alpha value is -2.62. The summed E-state index contributed by atoms with van der Waals surface area (Å²) in [5.74, 6) is 4.32. The number of nitrogens with zero attached hydrogens (tertiary/aromatic N) is 4. The van der Waals surface area contributed by atoms with Crippen molar-refractivity contribution >= 4 is 11.5 Å². The van der Waals surface area contributed by atoms with Crippen molar-refractivity contribution in [2.45, 2.75) is 0 Å². The van der Waals surface area contributed by atoms with E-state index in [-0.39, 0.29) is 63.3 Å². The second-order valence-corrected chi connectivity index (χ2v) is 3.99. The number of anilines is 1. The van der Waals surface area contributed by atoms with Gasteiger partial charge in [0.05, 0.1) is 11.3 Å². The zero-order valence-electron chi connectivity index (χ0n) is 12.2. The molecule has 0 atom stereocenters. The molecular weight excluding hydrogens is 307 g/mol. The molecule has 0 spiro atoms. The monoisotopic (exact) mass is 318 g/mol. The van der Waals surface area contributed by atoms with E-state index in [1.807, 2.05) is 6.07 Å². The van der Waals surface area contributed by atoms with Crippen LogP contribution in [0.1, 0.15) is 22.3 Å². The average molecular weight is 318 g/mol. The molecule has 9 heteroatoms. The van der Waals surface area contributed by atoms with Gasteiger partial charge in [-0.15, -0.1) is 0 Å². The number of hydrogen-bond donors (Lipinski definition) is 2. The Balaban J connectivity index is 0.00000242.